The Labute approximate surface area is 243 Å². The van der Waals surface area contributed by atoms with Crippen molar-refractivity contribution in [3.05, 3.63) is 102 Å². The Kier molecular flexibility index (Phi) is 10.9. The third-order valence-electron chi connectivity index (χ3n) is 7.49. The normalized spacial score (nSPS) is 11.8. The van der Waals surface area contributed by atoms with Crippen LogP contribution in [0.25, 0.3) is 21.9 Å². The summed E-state index contributed by atoms with van der Waals surface area (Å²) in [6.45, 7) is 3.36. The van der Waals surface area contributed by atoms with Crippen molar-refractivity contribution in [2.24, 2.45) is 0 Å². The summed E-state index contributed by atoms with van der Waals surface area (Å²) in [5.41, 5.74) is 4.82. The molecule has 0 bridgehead atoms. The Balaban J connectivity index is 1.33. The van der Waals surface area contributed by atoms with Crippen LogP contribution >= 0.6 is 0 Å². The van der Waals surface area contributed by atoms with Crippen LogP contribution in [0, 0.1) is 0 Å². The van der Waals surface area contributed by atoms with Crippen molar-refractivity contribution in [1.29, 1.82) is 0 Å². The maximum Gasteiger partial charge on any atom is 0.321 e. The van der Waals surface area contributed by atoms with Gasteiger partial charge in [0.05, 0.1) is 0 Å². The van der Waals surface area contributed by atoms with E-state index in [1.54, 1.807) is 11.9 Å². The lowest BCUT2D eigenvalue weighted by molar-refractivity contribution is -0.139. The largest absolute Gasteiger partial charge is 0.480 e. The highest BCUT2D eigenvalue weighted by Crippen LogP contribution is 2.25. The van der Waals surface area contributed by atoms with Gasteiger partial charge in [-0.2, -0.15) is 0 Å². The minimum atomic E-state index is -0.871. The molecule has 1 atom stereocenters. The average molecular weight is 552 g/mol. The van der Waals surface area contributed by atoms with Gasteiger partial charge in [0.1, 0.15) is 6.04 Å². The number of carboxylic acids is 1. The van der Waals surface area contributed by atoms with Crippen LogP contribution in [0.3, 0.4) is 0 Å². The number of unbranched alkanes of at least 4 members (excludes halogenated alkanes) is 4. The van der Waals surface area contributed by atoms with Gasteiger partial charge in [-0.1, -0.05) is 105 Å². The van der Waals surface area contributed by atoms with Crippen LogP contribution < -0.4 is 15.5 Å². The zero-order valence-corrected chi connectivity index (χ0v) is 24.1. The van der Waals surface area contributed by atoms with Crippen LogP contribution in [0.1, 0.15) is 50.2 Å². The van der Waals surface area contributed by atoms with Gasteiger partial charge in [-0.05, 0) is 64.1 Å². The number of fused-ring (bicyclic) bond motifs is 1. The van der Waals surface area contributed by atoms with Crippen LogP contribution in [0.15, 0.2) is 91.0 Å². The molecule has 0 aliphatic heterocycles. The van der Waals surface area contributed by atoms with Crippen LogP contribution in [-0.4, -0.2) is 36.7 Å². The lowest BCUT2D eigenvalue weighted by Gasteiger charge is -2.19. The van der Waals surface area contributed by atoms with Crippen molar-refractivity contribution in [2.45, 2.75) is 58.0 Å². The number of nitrogens with zero attached hydrogens (tertiary/aromatic N) is 1. The first-order valence-corrected chi connectivity index (χ1v) is 14.6. The van der Waals surface area contributed by atoms with E-state index in [0.29, 0.717) is 19.5 Å². The first-order valence-electron chi connectivity index (χ1n) is 14.6. The van der Waals surface area contributed by atoms with E-state index in [0.717, 1.165) is 46.2 Å². The van der Waals surface area contributed by atoms with Crippen molar-refractivity contribution in [3.8, 4) is 11.1 Å². The van der Waals surface area contributed by atoms with Gasteiger partial charge in [0, 0.05) is 25.8 Å². The summed E-state index contributed by atoms with van der Waals surface area (Å²) in [4.78, 5) is 26.3. The minimum absolute atomic E-state index is 0.108. The van der Waals surface area contributed by atoms with Gasteiger partial charge in [-0.25, -0.2) is 4.79 Å². The molecule has 0 fully saturated rings. The first kappa shape index (κ1) is 29.8. The number of hydrogen-bond donors (Lipinski definition) is 3. The number of benzene rings is 4. The van der Waals surface area contributed by atoms with Crippen molar-refractivity contribution < 1.29 is 14.7 Å². The fourth-order valence-electron chi connectivity index (χ4n) is 4.96. The maximum absolute atomic E-state index is 12.6. The van der Waals surface area contributed by atoms with Crippen LogP contribution in [-0.2, 0) is 17.8 Å². The Bertz CT molecular complexity index is 1430. The summed E-state index contributed by atoms with van der Waals surface area (Å²) in [5, 5.41) is 18.4. The van der Waals surface area contributed by atoms with E-state index in [4.69, 9.17) is 0 Å². The first-order chi connectivity index (χ1) is 19.9. The van der Waals surface area contributed by atoms with E-state index < -0.39 is 12.0 Å². The Morgan fingerprint density at radius 1 is 0.780 bits per heavy atom. The number of amides is 2. The molecule has 0 saturated heterocycles. The Morgan fingerprint density at radius 3 is 2.27 bits per heavy atom. The van der Waals surface area contributed by atoms with Gasteiger partial charge < -0.3 is 15.7 Å². The highest BCUT2D eigenvalue weighted by molar-refractivity contribution is 5.92. The smallest absolute Gasteiger partial charge is 0.321 e. The second kappa shape index (κ2) is 15.0. The molecular formula is C35H41N3O3. The lowest BCUT2D eigenvalue weighted by atomic mass is 10.00. The second-order valence-electron chi connectivity index (χ2n) is 10.6. The third kappa shape index (κ3) is 8.66. The number of hydrogen-bond acceptors (Lipinski definition) is 3. The van der Waals surface area contributed by atoms with Gasteiger partial charge in [-0.3, -0.25) is 9.69 Å². The predicted octanol–water partition coefficient (Wildman–Crippen LogP) is 7.41. The van der Waals surface area contributed by atoms with Crippen LogP contribution in [0.4, 0.5) is 10.5 Å². The fraction of sp³-hybridized carbons (Fsp3) is 0.314. The number of anilines is 1. The van der Waals surface area contributed by atoms with Gasteiger partial charge in [0.25, 0.3) is 0 Å². The molecule has 6 nitrogen and oxygen atoms in total. The number of rotatable bonds is 14. The van der Waals surface area contributed by atoms with Crippen molar-refractivity contribution in [3.63, 3.8) is 0 Å². The number of carboxylic acid groups (broad SMARTS) is 1. The van der Waals surface area contributed by atoms with Crippen molar-refractivity contribution in [2.75, 3.05) is 18.5 Å². The summed E-state index contributed by atoms with van der Waals surface area (Å²) in [7, 11) is 1.78. The molecule has 2 amide bonds. The van der Waals surface area contributed by atoms with Crippen LogP contribution in [0.5, 0.6) is 0 Å². The summed E-state index contributed by atoms with van der Waals surface area (Å²) >= 11 is 0. The molecule has 0 aliphatic carbocycles. The molecule has 0 spiro atoms. The predicted molar refractivity (Wildman–Crippen MR) is 168 cm³/mol. The zero-order chi connectivity index (χ0) is 29.0. The molecule has 6 heteroatoms. The molecule has 214 valence electrons. The molecule has 3 N–H and O–H groups in total. The van der Waals surface area contributed by atoms with Crippen molar-refractivity contribution >= 4 is 28.5 Å². The molecule has 4 rings (SSSR count). The molecule has 0 aliphatic rings. The molecule has 0 saturated carbocycles. The standard InChI is InChI=1S/C35H41N3O3/c1-3-4-5-6-9-21-36-35(41)38(2)32-14-10-13-31(24-32)29-18-15-26(16-19-29)23-33(34(39)40)37-25-27-17-20-28-11-7-8-12-30(28)22-27/h7-8,10-20,22,24,33,37H,3-6,9,21,23,25H2,1-2H3,(H,36,41)(H,39,40). The molecular weight excluding hydrogens is 510 g/mol. The minimum Gasteiger partial charge on any atom is -0.480 e. The van der Waals surface area contributed by atoms with Crippen LogP contribution in [0.2, 0.25) is 0 Å². The monoisotopic (exact) mass is 551 g/mol. The van der Waals surface area contributed by atoms with Gasteiger partial charge in [0.2, 0.25) is 0 Å². The van der Waals surface area contributed by atoms with E-state index in [2.05, 4.69) is 41.8 Å². The molecule has 41 heavy (non-hydrogen) atoms. The van der Waals surface area contributed by atoms with E-state index in [1.807, 2.05) is 66.7 Å². The SMILES string of the molecule is CCCCCCCNC(=O)N(C)c1cccc(-c2ccc(CC(NCc3ccc4ccccc4c3)C(=O)O)cc2)c1. The second-order valence-corrected chi connectivity index (χ2v) is 10.6. The van der Waals surface area contributed by atoms with Crippen molar-refractivity contribution in [1.82, 2.24) is 10.6 Å². The molecule has 1 unspecified atom stereocenters. The van der Waals surface area contributed by atoms with E-state index >= 15 is 0 Å². The molecule has 0 aromatic heterocycles. The third-order valence-corrected chi connectivity index (χ3v) is 7.49. The summed E-state index contributed by atoms with van der Waals surface area (Å²) < 4.78 is 0. The number of carbonyl (C=O) groups is 2. The van der Waals surface area contributed by atoms with E-state index in [-0.39, 0.29) is 6.03 Å². The van der Waals surface area contributed by atoms with Gasteiger partial charge >= 0.3 is 12.0 Å². The summed E-state index contributed by atoms with van der Waals surface area (Å²) in [6.07, 6.45) is 6.17. The highest BCUT2D eigenvalue weighted by atomic mass is 16.4. The highest BCUT2D eigenvalue weighted by Gasteiger charge is 2.18. The van der Waals surface area contributed by atoms with Gasteiger partial charge in [0.15, 0.2) is 0 Å². The van der Waals surface area contributed by atoms with Gasteiger partial charge in [-0.15, -0.1) is 0 Å². The summed E-state index contributed by atoms with van der Waals surface area (Å²) in [5.74, 6) is -0.871. The molecule has 0 heterocycles. The zero-order valence-electron chi connectivity index (χ0n) is 24.1. The molecule has 0 radical (unpaired) electrons. The number of nitrogens with one attached hydrogen (secondary N) is 2. The molecule has 4 aromatic rings. The lowest BCUT2D eigenvalue weighted by Crippen LogP contribution is -2.38. The number of aliphatic carboxylic acids is 1. The van der Waals surface area contributed by atoms with E-state index in [9.17, 15) is 14.7 Å². The topological polar surface area (TPSA) is 81.7 Å². The quantitative estimate of drug-likeness (QED) is 0.143. The number of carbonyl (C=O) groups excluding carboxylic acids is 1. The van der Waals surface area contributed by atoms with E-state index in [1.165, 1.54) is 24.6 Å². The Hall–Kier alpha value is -4.16. The average Bonchev–Trinajstić information content (AvgIpc) is 3.00. The molecule has 4 aromatic carbocycles. The summed E-state index contributed by atoms with van der Waals surface area (Å²) in [6, 6.07) is 29.4. The Morgan fingerprint density at radius 2 is 1.51 bits per heavy atom. The maximum atomic E-state index is 12.6. The fourth-order valence-corrected chi connectivity index (χ4v) is 4.96. The number of urea groups is 1.